The minimum atomic E-state index is -0.510. The quantitative estimate of drug-likeness (QED) is 0.791. The second kappa shape index (κ2) is 6.20. The van der Waals surface area contributed by atoms with Crippen LogP contribution in [0.1, 0.15) is 25.0 Å². The number of aliphatic hydroxyl groups is 1. The van der Waals surface area contributed by atoms with Crippen LogP contribution in [0.5, 0.6) is 0 Å². The van der Waals surface area contributed by atoms with Crippen LogP contribution >= 0.6 is 0 Å². The number of aliphatic hydroxyl groups excluding tert-OH is 1. The Bertz CT molecular complexity index is 380. The average molecular weight is 237 g/mol. The van der Waals surface area contributed by atoms with Gasteiger partial charge in [-0.2, -0.15) is 0 Å². The molecule has 1 amide bonds. The fourth-order valence-electron chi connectivity index (χ4n) is 1.41. The normalized spacial score (nSPS) is 12.0. The number of rotatable bonds is 5. The van der Waals surface area contributed by atoms with Crippen LogP contribution in [0.4, 0.5) is 5.82 Å². The molecule has 5 heteroatoms. The molecule has 2 N–H and O–H groups in total. The highest BCUT2D eigenvalue weighted by Gasteiger charge is 2.07. The van der Waals surface area contributed by atoms with Crippen LogP contribution in [0.2, 0.25) is 0 Å². The van der Waals surface area contributed by atoms with Gasteiger partial charge in [0.05, 0.1) is 6.10 Å². The van der Waals surface area contributed by atoms with E-state index in [9.17, 15) is 9.90 Å². The van der Waals surface area contributed by atoms with Gasteiger partial charge in [-0.05, 0) is 24.6 Å². The van der Waals surface area contributed by atoms with Crippen LogP contribution in [-0.4, -0.2) is 36.6 Å². The first-order valence-electron chi connectivity index (χ1n) is 5.60. The molecular weight excluding hydrogens is 218 g/mol. The zero-order chi connectivity index (χ0) is 12.8. The highest BCUT2D eigenvalue weighted by Crippen LogP contribution is 2.16. The van der Waals surface area contributed by atoms with Gasteiger partial charge in [-0.25, -0.2) is 4.98 Å². The van der Waals surface area contributed by atoms with Crippen molar-refractivity contribution in [3.63, 3.8) is 0 Å². The molecule has 5 nitrogen and oxygen atoms in total. The first-order chi connectivity index (χ1) is 8.04. The maximum Gasteiger partial charge on any atom is 0.221 e. The molecule has 0 aliphatic heterocycles. The van der Waals surface area contributed by atoms with E-state index in [2.05, 4.69) is 10.3 Å². The number of amides is 1. The number of nitrogens with zero attached hydrogens (tertiary/aromatic N) is 2. The highest BCUT2D eigenvalue weighted by molar-refractivity contribution is 5.76. The summed E-state index contributed by atoms with van der Waals surface area (Å²) < 4.78 is 0. The molecule has 0 spiro atoms. The Hall–Kier alpha value is -1.62. The van der Waals surface area contributed by atoms with Gasteiger partial charge in [0.2, 0.25) is 5.91 Å². The van der Waals surface area contributed by atoms with Crippen molar-refractivity contribution in [3.8, 4) is 0 Å². The molecule has 17 heavy (non-hydrogen) atoms. The van der Waals surface area contributed by atoms with E-state index in [1.54, 1.807) is 26.2 Å². The van der Waals surface area contributed by atoms with Gasteiger partial charge in [-0.15, -0.1) is 0 Å². The van der Waals surface area contributed by atoms with Crippen LogP contribution in [0, 0.1) is 0 Å². The van der Waals surface area contributed by atoms with Gasteiger partial charge in [0.25, 0.3) is 0 Å². The number of carbonyl (C=O) groups is 1. The molecule has 0 bridgehead atoms. The molecule has 0 radical (unpaired) electrons. The Balaban J connectivity index is 2.65. The fourth-order valence-corrected chi connectivity index (χ4v) is 1.41. The Kier molecular flexibility index (Phi) is 4.90. The SMILES string of the molecule is CNC(=O)CCN(C)c1cc([C@@H](C)O)ccn1. The predicted molar refractivity (Wildman–Crippen MR) is 66.8 cm³/mol. The molecule has 94 valence electrons. The molecule has 0 fully saturated rings. The molecule has 0 aliphatic rings. The fraction of sp³-hybridized carbons (Fsp3) is 0.500. The molecule has 1 heterocycles. The number of hydrogen-bond acceptors (Lipinski definition) is 4. The van der Waals surface area contributed by atoms with Crippen molar-refractivity contribution in [3.05, 3.63) is 23.9 Å². The van der Waals surface area contributed by atoms with E-state index in [1.165, 1.54) is 0 Å². The van der Waals surface area contributed by atoms with Crippen molar-refractivity contribution in [2.45, 2.75) is 19.4 Å². The number of pyridine rings is 1. The van der Waals surface area contributed by atoms with Crippen molar-refractivity contribution >= 4 is 11.7 Å². The lowest BCUT2D eigenvalue weighted by Gasteiger charge is -2.18. The number of anilines is 1. The molecule has 0 aliphatic carbocycles. The van der Waals surface area contributed by atoms with Crippen molar-refractivity contribution in [2.75, 3.05) is 25.5 Å². The number of carbonyl (C=O) groups excluding carboxylic acids is 1. The third-order valence-electron chi connectivity index (χ3n) is 2.60. The summed E-state index contributed by atoms with van der Waals surface area (Å²) in [6.07, 6.45) is 1.57. The van der Waals surface area contributed by atoms with Crippen molar-refractivity contribution in [1.82, 2.24) is 10.3 Å². The second-order valence-electron chi connectivity index (χ2n) is 3.97. The minimum Gasteiger partial charge on any atom is -0.389 e. The first kappa shape index (κ1) is 13.4. The zero-order valence-electron chi connectivity index (χ0n) is 10.5. The number of hydrogen-bond donors (Lipinski definition) is 2. The van der Waals surface area contributed by atoms with Crippen molar-refractivity contribution < 1.29 is 9.90 Å². The van der Waals surface area contributed by atoms with Crippen LogP contribution in [0.25, 0.3) is 0 Å². The van der Waals surface area contributed by atoms with E-state index in [0.29, 0.717) is 13.0 Å². The summed E-state index contributed by atoms with van der Waals surface area (Å²) >= 11 is 0. The summed E-state index contributed by atoms with van der Waals surface area (Å²) in [5.74, 6) is 0.760. The second-order valence-corrected chi connectivity index (χ2v) is 3.97. The van der Waals surface area contributed by atoms with Crippen LogP contribution in [0.15, 0.2) is 18.3 Å². The molecule has 1 aromatic heterocycles. The molecule has 1 rings (SSSR count). The maximum atomic E-state index is 11.1. The van der Waals surface area contributed by atoms with E-state index in [-0.39, 0.29) is 5.91 Å². The maximum absolute atomic E-state index is 11.1. The Morgan fingerprint density at radius 3 is 2.94 bits per heavy atom. The van der Waals surface area contributed by atoms with Gasteiger partial charge < -0.3 is 15.3 Å². The summed E-state index contributed by atoms with van der Waals surface area (Å²) in [6, 6.07) is 3.61. The van der Waals surface area contributed by atoms with Crippen molar-refractivity contribution in [1.29, 1.82) is 0 Å². The number of nitrogens with one attached hydrogen (secondary N) is 1. The first-order valence-corrected chi connectivity index (χ1v) is 5.60. The lowest BCUT2D eigenvalue weighted by molar-refractivity contribution is -0.120. The molecule has 0 unspecified atom stereocenters. The Morgan fingerprint density at radius 2 is 2.35 bits per heavy atom. The lowest BCUT2D eigenvalue weighted by Crippen LogP contribution is -2.26. The van der Waals surface area contributed by atoms with Gasteiger partial charge in [-0.3, -0.25) is 4.79 Å². The standard InChI is InChI=1S/C12H19N3O2/c1-9(16)10-4-6-14-11(8-10)15(3)7-5-12(17)13-2/h4,6,8-9,16H,5,7H2,1-3H3,(H,13,17)/t9-/m1/s1. The van der Waals surface area contributed by atoms with E-state index in [1.807, 2.05) is 18.0 Å². The predicted octanol–water partition coefficient (Wildman–Crippen LogP) is 0.707. The van der Waals surface area contributed by atoms with E-state index in [0.717, 1.165) is 11.4 Å². The highest BCUT2D eigenvalue weighted by atomic mass is 16.3. The van der Waals surface area contributed by atoms with Crippen LogP contribution < -0.4 is 10.2 Å². The van der Waals surface area contributed by atoms with Gasteiger partial charge in [-0.1, -0.05) is 0 Å². The Morgan fingerprint density at radius 1 is 1.65 bits per heavy atom. The van der Waals surface area contributed by atoms with Gasteiger partial charge in [0.1, 0.15) is 5.82 Å². The molecule has 0 aromatic carbocycles. The zero-order valence-corrected chi connectivity index (χ0v) is 10.5. The lowest BCUT2D eigenvalue weighted by atomic mass is 10.1. The molecule has 0 saturated carbocycles. The third-order valence-corrected chi connectivity index (χ3v) is 2.60. The summed E-state index contributed by atoms with van der Waals surface area (Å²) in [5.41, 5.74) is 0.821. The van der Waals surface area contributed by atoms with Gasteiger partial charge in [0.15, 0.2) is 0 Å². The number of aromatic nitrogens is 1. The third kappa shape index (κ3) is 4.03. The Labute approximate surface area is 101 Å². The average Bonchev–Trinajstić information content (AvgIpc) is 2.35. The largest absolute Gasteiger partial charge is 0.389 e. The van der Waals surface area contributed by atoms with Crippen LogP contribution in [-0.2, 0) is 4.79 Å². The minimum absolute atomic E-state index is 0.00327. The topological polar surface area (TPSA) is 65.5 Å². The van der Waals surface area contributed by atoms with Crippen LogP contribution in [0.3, 0.4) is 0 Å². The molecule has 1 aromatic rings. The van der Waals surface area contributed by atoms with Crippen molar-refractivity contribution in [2.24, 2.45) is 0 Å². The summed E-state index contributed by atoms with van der Waals surface area (Å²) in [7, 11) is 3.49. The molecule has 1 atom stereocenters. The molecule has 0 saturated heterocycles. The smallest absolute Gasteiger partial charge is 0.221 e. The summed E-state index contributed by atoms with van der Waals surface area (Å²) in [5, 5.41) is 12.1. The molecular formula is C12H19N3O2. The summed E-state index contributed by atoms with van der Waals surface area (Å²) in [6.45, 7) is 2.31. The summed E-state index contributed by atoms with van der Waals surface area (Å²) in [4.78, 5) is 17.2. The van der Waals surface area contributed by atoms with E-state index >= 15 is 0 Å². The van der Waals surface area contributed by atoms with E-state index < -0.39 is 6.10 Å². The monoisotopic (exact) mass is 237 g/mol. The van der Waals surface area contributed by atoms with Gasteiger partial charge >= 0.3 is 0 Å². The van der Waals surface area contributed by atoms with Gasteiger partial charge in [0, 0.05) is 33.3 Å². The van der Waals surface area contributed by atoms with E-state index in [4.69, 9.17) is 0 Å².